The number of hydrogen-bond acceptors (Lipinski definition) is 2. The molecule has 1 unspecified atom stereocenters. The Labute approximate surface area is 117 Å². The lowest BCUT2D eigenvalue weighted by molar-refractivity contribution is 0.383. The third-order valence-electron chi connectivity index (χ3n) is 4.55. The molecule has 3 rings (SSSR count). The minimum atomic E-state index is 0.686. The molecule has 104 valence electrons. The summed E-state index contributed by atoms with van der Waals surface area (Å²) in [6, 6.07) is 7.78. The number of benzene rings is 1. The van der Waals surface area contributed by atoms with Crippen LogP contribution in [0.1, 0.15) is 48.8 Å². The zero-order valence-electron chi connectivity index (χ0n) is 11.9. The molecule has 0 saturated carbocycles. The zero-order chi connectivity index (χ0) is 12.9. The van der Waals surface area contributed by atoms with Crippen molar-refractivity contribution in [1.29, 1.82) is 0 Å². The van der Waals surface area contributed by atoms with Gasteiger partial charge in [-0.2, -0.15) is 0 Å². The van der Waals surface area contributed by atoms with Gasteiger partial charge in [0, 0.05) is 19.1 Å². The summed E-state index contributed by atoms with van der Waals surface area (Å²) in [7, 11) is 0. The van der Waals surface area contributed by atoms with Crippen molar-refractivity contribution in [1.82, 2.24) is 10.6 Å². The fourth-order valence-electron chi connectivity index (χ4n) is 3.39. The highest BCUT2D eigenvalue weighted by Gasteiger charge is 2.12. The van der Waals surface area contributed by atoms with Crippen LogP contribution in [0.4, 0.5) is 0 Å². The Hall–Kier alpha value is -0.860. The van der Waals surface area contributed by atoms with Gasteiger partial charge in [0.25, 0.3) is 0 Å². The van der Waals surface area contributed by atoms with E-state index in [1.807, 2.05) is 0 Å². The first-order valence-corrected chi connectivity index (χ1v) is 7.96. The van der Waals surface area contributed by atoms with Crippen LogP contribution in [0.15, 0.2) is 18.2 Å². The molecular weight excluding hydrogens is 232 g/mol. The van der Waals surface area contributed by atoms with Gasteiger partial charge in [-0.15, -0.1) is 0 Å². The summed E-state index contributed by atoms with van der Waals surface area (Å²) < 4.78 is 0. The molecule has 1 aromatic rings. The average Bonchev–Trinajstić information content (AvgIpc) is 2.48. The second kappa shape index (κ2) is 6.53. The van der Waals surface area contributed by atoms with E-state index in [-0.39, 0.29) is 0 Å². The Morgan fingerprint density at radius 2 is 1.95 bits per heavy atom. The van der Waals surface area contributed by atoms with E-state index in [9.17, 15) is 0 Å². The second-order valence-corrected chi connectivity index (χ2v) is 6.09. The molecule has 1 aliphatic carbocycles. The highest BCUT2D eigenvalue weighted by Crippen LogP contribution is 2.22. The van der Waals surface area contributed by atoms with Crippen LogP contribution in [0.25, 0.3) is 0 Å². The van der Waals surface area contributed by atoms with Crippen molar-refractivity contribution < 1.29 is 0 Å². The van der Waals surface area contributed by atoms with E-state index in [1.165, 1.54) is 57.1 Å². The minimum Gasteiger partial charge on any atom is -0.313 e. The predicted molar refractivity (Wildman–Crippen MR) is 80.4 cm³/mol. The molecule has 1 heterocycles. The Balaban J connectivity index is 1.49. The van der Waals surface area contributed by atoms with Crippen LogP contribution in [-0.2, 0) is 19.4 Å². The third-order valence-corrected chi connectivity index (χ3v) is 4.55. The van der Waals surface area contributed by atoms with Gasteiger partial charge in [-0.25, -0.2) is 0 Å². The lowest BCUT2D eigenvalue weighted by atomic mass is 9.90. The molecule has 1 fully saturated rings. The average molecular weight is 258 g/mol. The van der Waals surface area contributed by atoms with Crippen LogP contribution in [0.5, 0.6) is 0 Å². The Morgan fingerprint density at radius 1 is 1.05 bits per heavy atom. The van der Waals surface area contributed by atoms with E-state index >= 15 is 0 Å². The lowest BCUT2D eigenvalue weighted by Crippen LogP contribution is -2.41. The standard InChI is InChI=1S/C17H26N2/c1-2-6-16-11-14(8-9-15(16)5-1)12-18-13-17-7-3-4-10-19-17/h8-9,11,17-19H,1-7,10,12-13H2. The second-order valence-electron chi connectivity index (χ2n) is 6.09. The smallest absolute Gasteiger partial charge is 0.0206 e. The molecule has 2 nitrogen and oxygen atoms in total. The van der Waals surface area contributed by atoms with Gasteiger partial charge in [-0.3, -0.25) is 0 Å². The summed E-state index contributed by atoms with van der Waals surface area (Å²) in [6.07, 6.45) is 9.38. The van der Waals surface area contributed by atoms with E-state index < -0.39 is 0 Å². The molecule has 1 saturated heterocycles. The first kappa shape index (κ1) is 13.1. The summed E-state index contributed by atoms with van der Waals surface area (Å²) in [5, 5.41) is 7.21. The van der Waals surface area contributed by atoms with Crippen molar-refractivity contribution in [3.63, 3.8) is 0 Å². The molecule has 0 spiro atoms. The Kier molecular flexibility index (Phi) is 4.52. The molecule has 2 heteroatoms. The molecule has 2 aliphatic rings. The maximum atomic E-state index is 3.62. The van der Waals surface area contributed by atoms with Crippen LogP contribution >= 0.6 is 0 Å². The SMILES string of the molecule is c1cc2c(cc1CNCC1CCCCN1)CCCC2. The maximum Gasteiger partial charge on any atom is 0.0206 e. The Morgan fingerprint density at radius 3 is 2.79 bits per heavy atom. The molecule has 0 bridgehead atoms. The van der Waals surface area contributed by atoms with Crippen molar-refractivity contribution in [2.75, 3.05) is 13.1 Å². The van der Waals surface area contributed by atoms with E-state index in [0.29, 0.717) is 6.04 Å². The van der Waals surface area contributed by atoms with Crippen molar-refractivity contribution in [2.45, 2.75) is 57.5 Å². The van der Waals surface area contributed by atoms with Gasteiger partial charge in [-0.1, -0.05) is 24.6 Å². The summed E-state index contributed by atoms with van der Waals surface area (Å²) in [4.78, 5) is 0. The van der Waals surface area contributed by atoms with Crippen LogP contribution in [0.2, 0.25) is 0 Å². The molecule has 1 aromatic carbocycles. The highest BCUT2D eigenvalue weighted by molar-refractivity contribution is 5.33. The molecule has 1 atom stereocenters. The van der Waals surface area contributed by atoms with E-state index in [1.54, 1.807) is 11.1 Å². The van der Waals surface area contributed by atoms with Crippen LogP contribution in [-0.4, -0.2) is 19.1 Å². The quantitative estimate of drug-likeness (QED) is 0.868. The largest absolute Gasteiger partial charge is 0.313 e. The number of rotatable bonds is 4. The van der Waals surface area contributed by atoms with E-state index in [4.69, 9.17) is 0 Å². The van der Waals surface area contributed by atoms with Crippen molar-refractivity contribution in [3.05, 3.63) is 34.9 Å². The van der Waals surface area contributed by atoms with Crippen molar-refractivity contribution in [3.8, 4) is 0 Å². The maximum absolute atomic E-state index is 3.62. The first-order valence-electron chi connectivity index (χ1n) is 7.96. The summed E-state index contributed by atoms with van der Waals surface area (Å²) in [5.74, 6) is 0. The minimum absolute atomic E-state index is 0.686. The lowest BCUT2D eigenvalue weighted by Gasteiger charge is -2.24. The molecular formula is C17H26N2. The number of fused-ring (bicyclic) bond motifs is 1. The monoisotopic (exact) mass is 258 g/mol. The number of nitrogens with one attached hydrogen (secondary N) is 2. The molecule has 2 N–H and O–H groups in total. The topological polar surface area (TPSA) is 24.1 Å². The van der Waals surface area contributed by atoms with E-state index in [2.05, 4.69) is 28.8 Å². The first-order chi connectivity index (χ1) is 9.42. The highest BCUT2D eigenvalue weighted by atomic mass is 15.0. The number of aryl methyl sites for hydroxylation is 2. The molecule has 0 radical (unpaired) electrons. The van der Waals surface area contributed by atoms with Gasteiger partial charge in [-0.05, 0) is 61.8 Å². The van der Waals surface area contributed by atoms with Crippen LogP contribution < -0.4 is 10.6 Å². The predicted octanol–water partition coefficient (Wildman–Crippen LogP) is 2.80. The zero-order valence-corrected chi connectivity index (χ0v) is 11.9. The van der Waals surface area contributed by atoms with Gasteiger partial charge in [0.05, 0.1) is 0 Å². The normalized spacial score (nSPS) is 23.1. The Bertz CT molecular complexity index is 408. The molecule has 0 aromatic heterocycles. The molecule has 1 aliphatic heterocycles. The van der Waals surface area contributed by atoms with Gasteiger partial charge in [0.1, 0.15) is 0 Å². The van der Waals surface area contributed by atoms with Crippen LogP contribution in [0.3, 0.4) is 0 Å². The number of piperidine rings is 1. The summed E-state index contributed by atoms with van der Waals surface area (Å²) >= 11 is 0. The fraction of sp³-hybridized carbons (Fsp3) is 0.647. The number of hydrogen-bond donors (Lipinski definition) is 2. The van der Waals surface area contributed by atoms with Crippen molar-refractivity contribution in [2.24, 2.45) is 0 Å². The fourth-order valence-corrected chi connectivity index (χ4v) is 3.39. The summed E-state index contributed by atoms with van der Waals surface area (Å²) in [6.45, 7) is 3.33. The van der Waals surface area contributed by atoms with Crippen LogP contribution in [0, 0.1) is 0 Å². The van der Waals surface area contributed by atoms with Gasteiger partial charge in [0.2, 0.25) is 0 Å². The van der Waals surface area contributed by atoms with Gasteiger partial charge < -0.3 is 10.6 Å². The van der Waals surface area contributed by atoms with Crippen molar-refractivity contribution >= 4 is 0 Å². The molecule has 0 amide bonds. The molecule has 19 heavy (non-hydrogen) atoms. The van der Waals surface area contributed by atoms with Gasteiger partial charge in [0.15, 0.2) is 0 Å². The van der Waals surface area contributed by atoms with Gasteiger partial charge >= 0.3 is 0 Å². The van der Waals surface area contributed by atoms with E-state index in [0.717, 1.165) is 13.1 Å². The third kappa shape index (κ3) is 3.58. The summed E-state index contributed by atoms with van der Waals surface area (Å²) in [5.41, 5.74) is 4.64.